The third-order valence-corrected chi connectivity index (χ3v) is 6.65. The number of fused-ring (bicyclic) bond motifs is 2. The van der Waals surface area contributed by atoms with Crippen molar-refractivity contribution in [2.24, 2.45) is 0 Å². The first-order valence-electron chi connectivity index (χ1n) is 11.9. The van der Waals surface area contributed by atoms with Crippen LogP contribution >= 0.6 is 0 Å². The lowest BCUT2D eigenvalue weighted by Gasteiger charge is -2.27. The van der Waals surface area contributed by atoms with Gasteiger partial charge in [0.25, 0.3) is 0 Å². The molecule has 0 spiro atoms. The Hall–Kier alpha value is -3.34. The van der Waals surface area contributed by atoms with Crippen molar-refractivity contribution in [3.63, 3.8) is 0 Å². The second-order valence-corrected chi connectivity index (χ2v) is 9.10. The first-order chi connectivity index (χ1) is 16.1. The van der Waals surface area contributed by atoms with E-state index in [-0.39, 0.29) is 0 Å². The molecule has 5 heteroatoms. The number of hydrogen-bond acceptors (Lipinski definition) is 4. The maximum Gasteiger partial charge on any atom is 0.165 e. The normalized spacial score (nSPS) is 12.8. The van der Waals surface area contributed by atoms with Crippen LogP contribution in [0.15, 0.2) is 48.7 Å². The molecule has 2 aromatic carbocycles. The Morgan fingerprint density at radius 2 is 1.85 bits per heavy atom. The Bertz CT molecular complexity index is 1290. The molecule has 4 aromatic rings. The fourth-order valence-corrected chi connectivity index (χ4v) is 4.98. The van der Waals surface area contributed by atoms with Crippen molar-refractivity contribution in [3.05, 3.63) is 76.6 Å². The molecule has 170 valence electrons. The molecule has 1 aliphatic carbocycles. The van der Waals surface area contributed by atoms with Gasteiger partial charge in [-0.1, -0.05) is 42.8 Å². The summed E-state index contributed by atoms with van der Waals surface area (Å²) in [5.74, 6) is 2.09. The maximum atomic E-state index is 5.41. The van der Waals surface area contributed by atoms with Crippen LogP contribution in [-0.2, 0) is 19.4 Å². The van der Waals surface area contributed by atoms with Crippen LogP contribution in [-0.4, -0.2) is 28.3 Å². The number of rotatable bonds is 7. The zero-order chi connectivity index (χ0) is 22.9. The topological polar surface area (TPSA) is 42.7 Å². The molecular formula is C28H32N4O. The standard InChI is InChI=1S/C28H32N4O/c1-5-15-31(18-21-11-9-19(2)10-12-21)28-24-7-6-8-26(24)30-27-25(17-29-32(27)28)23-14-13-22(33-4)16-20(23)3/h9-14,16-17H,5-8,15,18H2,1-4H3. The number of ether oxygens (including phenoxy) is 1. The number of aryl methyl sites for hydroxylation is 3. The minimum atomic E-state index is 0.870. The van der Waals surface area contributed by atoms with Crippen molar-refractivity contribution in [1.82, 2.24) is 14.6 Å². The summed E-state index contributed by atoms with van der Waals surface area (Å²) in [4.78, 5) is 7.64. The molecular weight excluding hydrogens is 408 g/mol. The summed E-state index contributed by atoms with van der Waals surface area (Å²) in [6.45, 7) is 8.36. The van der Waals surface area contributed by atoms with Gasteiger partial charge in [-0.15, -0.1) is 0 Å². The van der Waals surface area contributed by atoms with Gasteiger partial charge in [-0.2, -0.15) is 9.61 Å². The number of anilines is 1. The van der Waals surface area contributed by atoms with Crippen molar-refractivity contribution in [1.29, 1.82) is 0 Å². The van der Waals surface area contributed by atoms with Gasteiger partial charge >= 0.3 is 0 Å². The van der Waals surface area contributed by atoms with E-state index in [2.05, 4.69) is 66.6 Å². The van der Waals surface area contributed by atoms with Crippen LogP contribution in [0.1, 0.15) is 47.7 Å². The highest BCUT2D eigenvalue weighted by Gasteiger charge is 2.26. The van der Waals surface area contributed by atoms with Crippen LogP contribution in [0, 0.1) is 13.8 Å². The predicted molar refractivity (Wildman–Crippen MR) is 134 cm³/mol. The van der Waals surface area contributed by atoms with Crippen LogP contribution in [0.25, 0.3) is 16.8 Å². The van der Waals surface area contributed by atoms with E-state index in [1.54, 1.807) is 7.11 Å². The monoisotopic (exact) mass is 440 g/mol. The van der Waals surface area contributed by atoms with Gasteiger partial charge in [0.15, 0.2) is 5.65 Å². The molecule has 2 heterocycles. The van der Waals surface area contributed by atoms with E-state index in [1.807, 2.05) is 12.3 Å². The molecule has 0 saturated heterocycles. The van der Waals surface area contributed by atoms with Crippen LogP contribution in [0.3, 0.4) is 0 Å². The molecule has 0 atom stereocenters. The summed E-state index contributed by atoms with van der Waals surface area (Å²) >= 11 is 0. The second kappa shape index (κ2) is 8.89. The molecule has 0 aliphatic heterocycles. The van der Waals surface area contributed by atoms with E-state index in [4.69, 9.17) is 14.8 Å². The van der Waals surface area contributed by atoms with Crippen molar-refractivity contribution in [2.45, 2.75) is 53.0 Å². The molecule has 5 nitrogen and oxygen atoms in total. The molecule has 5 rings (SSSR count). The van der Waals surface area contributed by atoms with Gasteiger partial charge in [0.05, 0.1) is 13.3 Å². The highest BCUT2D eigenvalue weighted by atomic mass is 16.5. The molecule has 0 saturated carbocycles. The minimum Gasteiger partial charge on any atom is -0.497 e. The highest BCUT2D eigenvalue weighted by molar-refractivity contribution is 5.81. The third-order valence-electron chi connectivity index (χ3n) is 6.65. The van der Waals surface area contributed by atoms with Crippen LogP contribution in [0.5, 0.6) is 5.75 Å². The number of methoxy groups -OCH3 is 1. The van der Waals surface area contributed by atoms with Gasteiger partial charge in [-0.25, -0.2) is 4.98 Å². The fourth-order valence-electron chi connectivity index (χ4n) is 4.98. The molecule has 1 aliphatic rings. The minimum absolute atomic E-state index is 0.870. The first kappa shape index (κ1) is 21.5. The van der Waals surface area contributed by atoms with Crippen molar-refractivity contribution in [2.75, 3.05) is 18.6 Å². The van der Waals surface area contributed by atoms with E-state index in [1.165, 1.54) is 28.2 Å². The van der Waals surface area contributed by atoms with E-state index < -0.39 is 0 Å². The fraction of sp³-hybridized carbons (Fsp3) is 0.357. The SMILES string of the molecule is CCCN(Cc1ccc(C)cc1)c1c2c(nc3c(-c4ccc(OC)cc4C)cnn13)CCC2. The summed E-state index contributed by atoms with van der Waals surface area (Å²) in [6.07, 6.45) is 6.32. The average Bonchev–Trinajstić information content (AvgIpc) is 3.45. The van der Waals surface area contributed by atoms with E-state index in [0.29, 0.717) is 0 Å². The predicted octanol–water partition coefficient (Wildman–Crippen LogP) is 5.93. The van der Waals surface area contributed by atoms with Gasteiger partial charge < -0.3 is 9.64 Å². The van der Waals surface area contributed by atoms with E-state index >= 15 is 0 Å². The molecule has 0 N–H and O–H groups in total. The summed E-state index contributed by atoms with van der Waals surface area (Å²) in [5.41, 5.74) is 9.56. The molecule has 0 radical (unpaired) electrons. The third kappa shape index (κ3) is 3.97. The van der Waals surface area contributed by atoms with Gasteiger partial charge in [-0.05, 0) is 68.4 Å². The zero-order valence-electron chi connectivity index (χ0n) is 20.1. The van der Waals surface area contributed by atoms with E-state index in [0.717, 1.165) is 66.9 Å². The van der Waals surface area contributed by atoms with Gasteiger partial charge in [0, 0.05) is 29.9 Å². The van der Waals surface area contributed by atoms with Crippen molar-refractivity contribution in [3.8, 4) is 16.9 Å². The zero-order valence-corrected chi connectivity index (χ0v) is 20.1. The molecule has 0 unspecified atom stereocenters. The smallest absolute Gasteiger partial charge is 0.165 e. The van der Waals surface area contributed by atoms with Gasteiger partial charge in [-0.3, -0.25) is 0 Å². The number of hydrogen-bond donors (Lipinski definition) is 0. The summed E-state index contributed by atoms with van der Waals surface area (Å²) in [6, 6.07) is 15.1. The Kier molecular flexibility index (Phi) is 5.79. The molecule has 0 fully saturated rings. The average molecular weight is 441 g/mol. The number of benzene rings is 2. The Morgan fingerprint density at radius 3 is 2.58 bits per heavy atom. The summed E-state index contributed by atoms with van der Waals surface area (Å²) in [5, 5.41) is 4.90. The van der Waals surface area contributed by atoms with Crippen molar-refractivity contribution >= 4 is 11.5 Å². The largest absolute Gasteiger partial charge is 0.497 e. The van der Waals surface area contributed by atoms with Crippen molar-refractivity contribution < 1.29 is 4.74 Å². The van der Waals surface area contributed by atoms with Gasteiger partial charge in [0.1, 0.15) is 11.6 Å². The van der Waals surface area contributed by atoms with Crippen LogP contribution in [0.2, 0.25) is 0 Å². The molecule has 2 aromatic heterocycles. The van der Waals surface area contributed by atoms with E-state index in [9.17, 15) is 0 Å². The highest BCUT2D eigenvalue weighted by Crippen LogP contribution is 2.36. The lowest BCUT2D eigenvalue weighted by Crippen LogP contribution is -2.27. The molecule has 33 heavy (non-hydrogen) atoms. The summed E-state index contributed by atoms with van der Waals surface area (Å²) in [7, 11) is 1.71. The second-order valence-electron chi connectivity index (χ2n) is 9.10. The van der Waals surface area contributed by atoms with Gasteiger partial charge in [0.2, 0.25) is 0 Å². The molecule has 0 amide bonds. The van der Waals surface area contributed by atoms with Crippen LogP contribution < -0.4 is 9.64 Å². The Morgan fingerprint density at radius 1 is 1.03 bits per heavy atom. The Labute approximate surface area is 196 Å². The number of aromatic nitrogens is 3. The quantitative estimate of drug-likeness (QED) is 0.357. The molecule has 0 bridgehead atoms. The van der Waals surface area contributed by atoms with Crippen LogP contribution in [0.4, 0.5) is 5.82 Å². The lowest BCUT2D eigenvalue weighted by molar-refractivity contribution is 0.414. The lowest BCUT2D eigenvalue weighted by atomic mass is 10.0. The Balaban J connectivity index is 1.66. The first-order valence-corrected chi connectivity index (χ1v) is 11.9. The number of nitrogens with zero attached hydrogens (tertiary/aromatic N) is 4. The summed E-state index contributed by atoms with van der Waals surface area (Å²) < 4.78 is 7.50. The maximum absolute atomic E-state index is 5.41.